The summed E-state index contributed by atoms with van der Waals surface area (Å²) in [5.74, 6) is -2.44. The molecule has 3 N–H and O–H groups in total. The number of carbonyl (C=O) groups excluding carboxylic acids is 1. The van der Waals surface area contributed by atoms with E-state index in [-0.39, 0.29) is 18.0 Å². The monoisotopic (exact) mass is 398 g/mol. The number of aromatic nitrogens is 2. The molecule has 2 aromatic rings. The van der Waals surface area contributed by atoms with Crippen molar-refractivity contribution in [2.45, 2.75) is 20.3 Å². The lowest BCUT2D eigenvalue weighted by Crippen LogP contribution is -2.28. The predicted molar refractivity (Wildman–Crippen MR) is 105 cm³/mol. The number of carboxylic acid groups (broad SMARTS) is 2. The first-order valence-corrected chi connectivity index (χ1v) is 8.89. The van der Waals surface area contributed by atoms with Gasteiger partial charge < -0.3 is 14.9 Å². The fourth-order valence-corrected chi connectivity index (χ4v) is 2.67. The van der Waals surface area contributed by atoms with Gasteiger partial charge in [-0.3, -0.25) is 9.89 Å². The van der Waals surface area contributed by atoms with Crippen molar-refractivity contribution in [3.05, 3.63) is 66.0 Å². The van der Waals surface area contributed by atoms with Gasteiger partial charge in [0.05, 0.1) is 18.2 Å². The molecule has 1 aromatic heterocycles. The molecule has 1 aromatic carbocycles. The van der Waals surface area contributed by atoms with E-state index in [1.54, 1.807) is 13.1 Å². The molecule has 0 saturated carbocycles. The number of allylic oxidation sites excluding steroid dienone is 2. The van der Waals surface area contributed by atoms with Crippen LogP contribution < -0.4 is 0 Å². The zero-order chi connectivity index (χ0) is 21.4. The van der Waals surface area contributed by atoms with Gasteiger partial charge in [0, 0.05) is 11.1 Å². The Labute approximate surface area is 167 Å². The minimum absolute atomic E-state index is 0.0359. The first-order valence-electron chi connectivity index (χ1n) is 8.89. The summed E-state index contributed by atoms with van der Waals surface area (Å²) < 4.78 is 4.94. The number of nitrogens with zero attached hydrogens (tertiary/aromatic N) is 1. The molecule has 0 spiro atoms. The maximum Gasteiger partial charge on any atom is 0.356 e. The van der Waals surface area contributed by atoms with Crippen molar-refractivity contribution in [1.82, 2.24) is 10.2 Å². The smallest absolute Gasteiger partial charge is 0.356 e. The van der Waals surface area contributed by atoms with Crippen LogP contribution in [0.25, 0.3) is 11.1 Å². The summed E-state index contributed by atoms with van der Waals surface area (Å²) in [6.45, 7) is 3.63. The third kappa shape index (κ3) is 5.41. The van der Waals surface area contributed by atoms with E-state index < -0.39 is 17.4 Å². The quantitative estimate of drug-likeness (QED) is 0.659. The number of ether oxygens (including phenoxy) is 1. The van der Waals surface area contributed by atoms with Crippen LogP contribution in [-0.2, 0) is 14.3 Å². The summed E-state index contributed by atoms with van der Waals surface area (Å²) >= 11 is 0. The van der Waals surface area contributed by atoms with Crippen molar-refractivity contribution >= 4 is 17.9 Å². The van der Waals surface area contributed by atoms with Gasteiger partial charge in [-0.05, 0) is 25.8 Å². The summed E-state index contributed by atoms with van der Waals surface area (Å²) in [6, 6.07) is 9.60. The molecule has 8 nitrogen and oxygen atoms in total. The van der Waals surface area contributed by atoms with E-state index in [2.05, 4.69) is 10.2 Å². The highest BCUT2D eigenvalue weighted by Crippen LogP contribution is 2.31. The molecule has 1 heterocycles. The molecule has 1 aliphatic rings. The van der Waals surface area contributed by atoms with E-state index in [0.29, 0.717) is 12.3 Å². The van der Waals surface area contributed by atoms with Gasteiger partial charge in [0.15, 0.2) is 5.69 Å². The van der Waals surface area contributed by atoms with Crippen molar-refractivity contribution in [2.24, 2.45) is 5.41 Å². The van der Waals surface area contributed by atoms with Crippen molar-refractivity contribution in [3.8, 4) is 11.1 Å². The zero-order valence-electron chi connectivity index (χ0n) is 16.1. The Morgan fingerprint density at radius 2 is 1.90 bits per heavy atom. The fraction of sp³-hybridized carbons (Fsp3) is 0.238. The van der Waals surface area contributed by atoms with Crippen LogP contribution in [0.5, 0.6) is 0 Å². The minimum atomic E-state index is -1.08. The maximum atomic E-state index is 11.6. The molecular formula is C21H22N2O6. The Morgan fingerprint density at radius 3 is 2.48 bits per heavy atom. The second-order valence-electron chi connectivity index (χ2n) is 6.50. The summed E-state index contributed by atoms with van der Waals surface area (Å²) in [6.07, 6.45) is 6.06. The average Bonchev–Trinajstić information content (AvgIpc) is 3.19. The Balaban J connectivity index is 0.000000212. The Kier molecular flexibility index (Phi) is 7.08. The van der Waals surface area contributed by atoms with Gasteiger partial charge in [0.1, 0.15) is 0 Å². The van der Waals surface area contributed by atoms with Gasteiger partial charge in [-0.25, -0.2) is 9.59 Å². The number of H-pyrrole nitrogens is 1. The Hall–Kier alpha value is -3.68. The summed E-state index contributed by atoms with van der Waals surface area (Å²) in [5, 5.41) is 24.0. The average molecular weight is 398 g/mol. The summed E-state index contributed by atoms with van der Waals surface area (Å²) in [5.41, 5.74) is 1.15. The van der Waals surface area contributed by atoms with E-state index in [4.69, 9.17) is 14.9 Å². The van der Waals surface area contributed by atoms with Crippen molar-refractivity contribution < 1.29 is 29.3 Å². The molecular weight excluding hydrogens is 376 g/mol. The van der Waals surface area contributed by atoms with Crippen LogP contribution in [0.1, 0.15) is 30.8 Å². The van der Waals surface area contributed by atoms with Gasteiger partial charge in [0.25, 0.3) is 0 Å². The van der Waals surface area contributed by atoms with Crippen LogP contribution in [0.15, 0.2) is 60.3 Å². The maximum absolute atomic E-state index is 11.6. The highest BCUT2D eigenvalue weighted by atomic mass is 16.5. The molecule has 0 aliphatic heterocycles. The van der Waals surface area contributed by atoms with Crippen molar-refractivity contribution in [3.63, 3.8) is 0 Å². The first kappa shape index (κ1) is 21.6. The topological polar surface area (TPSA) is 130 Å². The molecule has 8 heteroatoms. The molecule has 0 saturated heterocycles. The first-order chi connectivity index (χ1) is 13.8. The second kappa shape index (κ2) is 9.50. The molecule has 0 bridgehead atoms. The molecule has 152 valence electrons. The number of rotatable bonds is 5. The second-order valence-corrected chi connectivity index (χ2v) is 6.50. The van der Waals surface area contributed by atoms with Gasteiger partial charge in [-0.1, -0.05) is 48.6 Å². The number of carbonyl (C=O) groups is 3. The lowest BCUT2D eigenvalue weighted by molar-refractivity contribution is -0.145. The Bertz CT molecular complexity index is 945. The lowest BCUT2D eigenvalue weighted by Gasteiger charge is -2.23. The molecule has 0 amide bonds. The van der Waals surface area contributed by atoms with Gasteiger partial charge in [-0.2, -0.15) is 5.10 Å². The Morgan fingerprint density at radius 1 is 1.21 bits per heavy atom. The molecule has 1 atom stereocenters. The number of benzene rings is 1. The van der Waals surface area contributed by atoms with Crippen LogP contribution >= 0.6 is 0 Å². The molecule has 0 radical (unpaired) electrons. The number of hydrogen-bond donors (Lipinski definition) is 3. The number of aliphatic carboxylic acids is 2. The fourth-order valence-electron chi connectivity index (χ4n) is 2.67. The largest absolute Gasteiger partial charge is 0.481 e. The van der Waals surface area contributed by atoms with Crippen LogP contribution in [0.4, 0.5) is 0 Å². The van der Waals surface area contributed by atoms with E-state index in [9.17, 15) is 14.4 Å². The van der Waals surface area contributed by atoms with Gasteiger partial charge in [-0.15, -0.1) is 0 Å². The molecule has 29 heavy (non-hydrogen) atoms. The minimum Gasteiger partial charge on any atom is -0.481 e. The van der Waals surface area contributed by atoms with E-state index in [1.165, 1.54) is 25.2 Å². The normalized spacial score (nSPS) is 17.5. The van der Waals surface area contributed by atoms with E-state index in [0.717, 1.165) is 11.1 Å². The van der Waals surface area contributed by atoms with Crippen LogP contribution in [-0.4, -0.2) is 44.9 Å². The van der Waals surface area contributed by atoms with Crippen LogP contribution in [0, 0.1) is 5.41 Å². The van der Waals surface area contributed by atoms with Crippen LogP contribution in [0.3, 0.4) is 0 Å². The number of nitrogens with one attached hydrogen (secondary N) is 1. The number of carboxylic acids is 2. The highest BCUT2D eigenvalue weighted by Gasteiger charge is 2.34. The van der Waals surface area contributed by atoms with Gasteiger partial charge in [0.2, 0.25) is 0 Å². The highest BCUT2D eigenvalue weighted by molar-refractivity contribution is 5.95. The summed E-state index contributed by atoms with van der Waals surface area (Å²) in [4.78, 5) is 32.9. The lowest BCUT2D eigenvalue weighted by atomic mass is 9.80. The van der Waals surface area contributed by atoms with E-state index in [1.807, 2.05) is 30.3 Å². The van der Waals surface area contributed by atoms with Crippen LogP contribution in [0.2, 0.25) is 0 Å². The standard InChI is InChI=1S/C12H12N2O2.C9H10O4/c1-2-16-12(15)11-10(8-13-14-11)9-6-4-3-5-7-9;1-9(8(12)13)4-2-3-6(5-9)7(10)11/h3-8H,2H2,1H3,(H,13,14);2-4H,5H2,1H3,(H,10,11)(H,12,13). The zero-order valence-corrected chi connectivity index (χ0v) is 16.1. The summed E-state index contributed by atoms with van der Waals surface area (Å²) in [7, 11) is 0. The number of esters is 1. The van der Waals surface area contributed by atoms with Crippen molar-refractivity contribution in [1.29, 1.82) is 0 Å². The van der Waals surface area contributed by atoms with Crippen molar-refractivity contribution in [2.75, 3.05) is 6.61 Å². The molecule has 1 aliphatic carbocycles. The molecule has 1 unspecified atom stereocenters. The number of hydrogen-bond acceptors (Lipinski definition) is 5. The molecule has 0 fully saturated rings. The van der Waals surface area contributed by atoms with E-state index >= 15 is 0 Å². The molecule has 3 rings (SSSR count). The third-order valence-electron chi connectivity index (χ3n) is 4.29. The number of aromatic amines is 1. The predicted octanol–water partition coefficient (Wildman–Crippen LogP) is 3.30. The third-order valence-corrected chi connectivity index (χ3v) is 4.29. The van der Waals surface area contributed by atoms with Gasteiger partial charge >= 0.3 is 17.9 Å². The SMILES string of the molecule is CC1(C(=O)O)C=CC=C(C(=O)O)C1.CCOC(=O)c1[nH]ncc1-c1ccccc1.